The second-order valence-corrected chi connectivity index (χ2v) is 5.90. The van der Waals surface area contributed by atoms with Crippen LogP contribution in [0.4, 0.5) is 0 Å². The molecule has 0 spiro atoms. The van der Waals surface area contributed by atoms with E-state index in [1.807, 2.05) is 18.7 Å². The Kier molecular flexibility index (Phi) is 5.82. The smallest absolute Gasteiger partial charge is 0.339 e. The maximum Gasteiger partial charge on any atom is 0.339 e. The van der Waals surface area contributed by atoms with Crippen molar-refractivity contribution in [2.24, 2.45) is 0 Å². The molecule has 1 aliphatic rings. The number of nitrogens with one attached hydrogen (secondary N) is 1. The highest BCUT2D eigenvalue weighted by Gasteiger charge is 2.27. The molecule has 2 heterocycles. The lowest BCUT2D eigenvalue weighted by Crippen LogP contribution is -2.35. The number of rotatable bonds is 4. The topological polar surface area (TPSA) is 65.6 Å². The quantitative estimate of drug-likeness (QED) is 0.860. The molecule has 6 heteroatoms. The number of H-pyrrole nitrogens is 1. The summed E-state index contributed by atoms with van der Waals surface area (Å²) in [5.74, 6) is -0.409. The number of aryl methyl sites for hydroxylation is 1. The first-order valence-corrected chi connectivity index (χ1v) is 8.34. The van der Waals surface area contributed by atoms with Gasteiger partial charge in [-0.2, -0.15) is 0 Å². The Hall–Kier alpha value is -1.82. The van der Waals surface area contributed by atoms with Gasteiger partial charge in [-0.3, -0.25) is 4.79 Å². The number of aromatic nitrogens is 1. The van der Waals surface area contributed by atoms with Crippen LogP contribution in [0.3, 0.4) is 0 Å². The minimum absolute atomic E-state index is 0.0229. The van der Waals surface area contributed by atoms with Gasteiger partial charge in [-0.25, -0.2) is 4.79 Å². The van der Waals surface area contributed by atoms with Crippen molar-refractivity contribution in [3.05, 3.63) is 22.5 Å². The molecule has 2 rings (SSSR count). The average molecular weight is 321 g/mol. The summed E-state index contributed by atoms with van der Waals surface area (Å²) >= 11 is 0. The molecular weight excluding hydrogens is 294 g/mol. The highest BCUT2D eigenvalue weighted by molar-refractivity contribution is 6.00. The van der Waals surface area contributed by atoms with Crippen molar-refractivity contribution in [2.75, 3.05) is 39.8 Å². The number of carbonyl (C=O) groups excluding carboxylic acids is 2. The molecule has 0 bridgehead atoms. The molecule has 0 unspecified atom stereocenters. The van der Waals surface area contributed by atoms with E-state index in [2.05, 4.69) is 16.8 Å². The number of esters is 1. The number of likely N-dealkylation sites (N-methyl/N-ethyl adjacent to an activating group) is 1. The molecule has 128 valence electrons. The summed E-state index contributed by atoms with van der Waals surface area (Å²) in [6.45, 7) is 10.3. The summed E-state index contributed by atoms with van der Waals surface area (Å²) < 4.78 is 4.86. The molecule has 23 heavy (non-hydrogen) atoms. The van der Waals surface area contributed by atoms with Crippen LogP contribution in [0.5, 0.6) is 0 Å². The van der Waals surface area contributed by atoms with Crippen molar-refractivity contribution in [1.82, 2.24) is 14.8 Å². The van der Waals surface area contributed by atoms with E-state index in [0.29, 0.717) is 23.2 Å². The molecule has 1 aromatic heterocycles. The molecule has 0 aromatic carbocycles. The zero-order valence-electron chi connectivity index (χ0n) is 14.6. The minimum Gasteiger partial charge on any atom is -0.465 e. The van der Waals surface area contributed by atoms with Crippen molar-refractivity contribution < 1.29 is 14.3 Å². The third-order valence-electron chi connectivity index (χ3n) is 4.61. The number of hydrogen-bond donors (Lipinski definition) is 1. The van der Waals surface area contributed by atoms with E-state index in [4.69, 9.17) is 4.74 Å². The molecule has 1 N–H and O–H groups in total. The van der Waals surface area contributed by atoms with Gasteiger partial charge in [0.05, 0.1) is 12.7 Å². The zero-order chi connectivity index (χ0) is 17.0. The predicted octanol–water partition coefficient (Wildman–Crippen LogP) is 1.84. The molecule has 1 fully saturated rings. The summed E-state index contributed by atoms with van der Waals surface area (Å²) in [7, 11) is 1.36. The van der Waals surface area contributed by atoms with E-state index < -0.39 is 0 Å². The summed E-state index contributed by atoms with van der Waals surface area (Å²) in [5.41, 5.74) is 2.48. The molecule has 0 radical (unpaired) electrons. The number of carbonyl (C=O) groups is 2. The van der Waals surface area contributed by atoms with E-state index in [-0.39, 0.29) is 11.9 Å². The van der Waals surface area contributed by atoms with Crippen molar-refractivity contribution >= 4 is 11.9 Å². The highest BCUT2D eigenvalue weighted by Crippen LogP contribution is 2.22. The SMILES string of the molecule is CCc1[nH]c(C(=O)N2CCCN(CC)CC2)c(C)c1C(=O)OC. The number of ether oxygens (including phenoxy) is 1. The molecular formula is C17H27N3O3. The van der Waals surface area contributed by atoms with Gasteiger partial charge in [-0.05, 0) is 38.4 Å². The van der Waals surface area contributed by atoms with E-state index in [1.165, 1.54) is 7.11 Å². The standard InChI is InChI=1S/C17H27N3O3/c1-5-13-14(17(22)23-4)12(3)15(18-13)16(21)20-9-7-8-19(6-2)10-11-20/h18H,5-11H2,1-4H3. The van der Waals surface area contributed by atoms with Crippen LogP contribution in [0.25, 0.3) is 0 Å². The fourth-order valence-corrected chi connectivity index (χ4v) is 3.16. The Morgan fingerprint density at radius 3 is 2.52 bits per heavy atom. The van der Waals surface area contributed by atoms with Gasteiger partial charge in [0.2, 0.25) is 0 Å². The first-order valence-electron chi connectivity index (χ1n) is 8.34. The van der Waals surface area contributed by atoms with Crippen LogP contribution in [0, 0.1) is 6.92 Å². The van der Waals surface area contributed by atoms with Crippen molar-refractivity contribution in [1.29, 1.82) is 0 Å². The van der Waals surface area contributed by atoms with E-state index in [1.54, 1.807) is 0 Å². The van der Waals surface area contributed by atoms with Gasteiger partial charge < -0.3 is 19.5 Å². The lowest BCUT2D eigenvalue weighted by atomic mass is 10.1. The van der Waals surface area contributed by atoms with Crippen LogP contribution >= 0.6 is 0 Å². The second-order valence-electron chi connectivity index (χ2n) is 5.90. The molecule has 1 amide bonds. The van der Waals surface area contributed by atoms with Crippen LogP contribution < -0.4 is 0 Å². The Morgan fingerprint density at radius 1 is 1.17 bits per heavy atom. The fourth-order valence-electron chi connectivity index (χ4n) is 3.16. The van der Waals surface area contributed by atoms with Gasteiger partial charge in [0.25, 0.3) is 5.91 Å². The largest absolute Gasteiger partial charge is 0.465 e. The summed E-state index contributed by atoms with van der Waals surface area (Å²) in [6.07, 6.45) is 1.63. The maximum absolute atomic E-state index is 12.9. The minimum atomic E-state index is -0.386. The van der Waals surface area contributed by atoms with Gasteiger partial charge in [0, 0.05) is 25.3 Å². The number of aromatic amines is 1. The molecule has 6 nitrogen and oxygen atoms in total. The van der Waals surface area contributed by atoms with E-state index >= 15 is 0 Å². The molecule has 0 saturated carbocycles. The summed E-state index contributed by atoms with van der Waals surface area (Å²) in [6, 6.07) is 0. The Bertz CT molecular complexity index is 580. The van der Waals surface area contributed by atoms with Crippen LogP contribution in [-0.2, 0) is 11.2 Å². The fraction of sp³-hybridized carbons (Fsp3) is 0.647. The van der Waals surface area contributed by atoms with Crippen LogP contribution in [0.2, 0.25) is 0 Å². The van der Waals surface area contributed by atoms with Crippen molar-refractivity contribution in [3.63, 3.8) is 0 Å². The first-order chi connectivity index (χ1) is 11.0. The molecule has 1 aromatic rings. The molecule has 0 aliphatic carbocycles. The van der Waals surface area contributed by atoms with E-state index in [0.717, 1.165) is 44.8 Å². The number of methoxy groups -OCH3 is 1. The lowest BCUT2D eigenvalue weighted by molar-refractivity contribution is 0.0599. The predicted molar refractivity (Wildman–Crippen MR) is 88.9 cm³/mol. The normalized spacial score (nSPS) is 16.3. The Balaban J connectivity index is 2.25. The zero-order valence-corrected chi connectivity index (χ0v) is 14.6. The van der Waals surface area contributed by atoms with Gasteiger partial charge in [0.15, 0.2) is 0 Å². The van der Waals surface area contributed by atoms with Crippen LogP contribution in [0.15, 0.2) is 0 Å². The summed E-state index contributed by atoms with van der Waals surface area (Å²) in [4.78, 5) is 32.3. The number of nitrogens with zero attached hydrogens (tertiary/aromatic N) is 2. The van der Waals surface area contributed by atoms with Gasteiger partial charge in [0.1, 0.15) is 5.69 Å². The number of amides is 1. The van der Waals surface area contributed by atoms with Crippen molar-refractivity contribution in [3.8, 4) is 0 Å². The average Bonchev–Trinajstić information content (AvgIpc) is 2.75. The monoisotopic (exact) mass is 321 g/mol. The first kappa shape index (κ1) is 17.5. The molecule has 1 saturated heterocycles. The second kappa shape index (κ2) is 7.64. The maximum atomic E-state index is 12.9. The highest BCUT2D eigenvalue weighted by atomic mass is 16.5. The van der Waals surface area contributed by atoms with Gasteiger partial charge in [-0.1, -0.05) is 13.8 Å². The third-order valence-corrected chi connectivity index (χ3v) is 4.61. The van der Waals surface area contributed by atoms with Gasteiger partial charge in [-0.15, -0.1) is 0 Å². The van der Waals surface area contributed by atoms with Crippen LogP contribution in [0.1, 0.15) is 52.4 Å². The Morgan fingerprint density at radius 2 is 1.91 bits per heavy atom. The molecule has 0 atom stereocenters. The van der Waals surface area contributed by atoms with Gasteiger partial charge >= 0.3 is 5.97 Å². The van der Waals surface area contributed by atoms with Crippen molar-refractivity contribution in [2.45, 2.75) is 33.6 Å². The van der Waals surface area contributed by atoms with Crippen LogP contribution in [-0.4, -0.2) is 66.5 Å². The lowest BCUT2D eigenvalue weighted by Gasteiger charge is -2.21. The summed E-state index contributed by atoms with van der Waals surface area (Å²) in [5, 5.41) is 0. The molecule has 1 aliphatic heterocycles. The van der Waals surface area contributed by atoms with E-state index in [9.17, 15) is 9.59 Å². The Labute approximate surface area is 137 Å². The third kappa shape index (κ3) is 3.58. The number of hydrogen-bond acceptors (Lipinski definition) is 4.